The third-order valence-corrected chi connectivity index (χ3v) is 6.15. The quantitative estimate of drug-likeness (QED) is 0.317. The minimum atomic E-state index is -1.46. The van der Waals surface area contributed by atoms with Gasteiger partial charge in [0.25, 0.3) is 5.91 Å². The molecule has 1 aliphatic rings. The van der Waals surface area contributed by atoms with Crippen LogP contribution in [0.3, 0.4) is 0 Å². The maximum Gasteiger partial charge on any atom is 0.322 e. The lowest BCUT2D eigenvalue weighted by Crippen LogP contribution is -2.47. The first-order chi connectivity index (χ1) is 16.8. The second-order valence-electron chi connectivity index (χ2n) is 8.25. The summed E-state index contributed by atoms with van der Waals surface area (Å²) < 4.78 is 6.75. The first kappa shape index (κ1) is 22.0. The van der Waals surface area contributed by atoms with Crippen LogP contribution in [0.1, 0.15) is 15.9 Å². The van der Waals surface area contributed by atoms with Gasteiger partial charge < -0.3 is 25.5 Å². The fourth-order valence-electron chi connectivity index (χ4n) is 4.31. The van der Waals surface area contributed by atoms with E-state index in [-0.39, 0.29) is 18.0 Å². The van der Waals surface area contributed by atoms with Crippen LogP contribution in [0.15, 0.2) is 67.1 Å². The minimum Gasteiger partial charge on any atom is -0.497 e. The van der Waals surface area contributed by atoms with Gasteiger partial charge in [0.05, 0.1) is 19.2 Å². The van der Waals surface area contributed by atoms with Gasteiger partial charge in [-0.2, -0.15) is 0 Å². The number of urea groups is 1. The second-order valence-corrected chi connectivity index (χ2v) is 8.25. The van der Waals surface area contributed by atoms with Gasteiger partial charge in [0.2, 0.25) is 5.91 Å². The predicted octanol–water partition coefficient (Wildman–Crippen LogP) is 2.25. The van der Waals surface area contributed by atoms with Gasteiger partial charge in [0.15, 0.2) is 11.4 Å². The summed E-state index contributed by atoms with van der Waals surface area (Å²) in [4.78, 5) is 40.8. The minimum absolute atomic E-state index is 0.0501. The number of hydrogen-bond acceptors (Lipinski definition) is 6. The number of fused-ring (bicyclic) bond motifs is 1. The molecule has 176 valence electrons. The van der Waals surface area contributed by atoms with Gasteiger partial charge in [0.1, 0.15) is 5.75 Å². The summed E-state index contributed by atoms with van der Waals surface area (Å²) >= 11 is 0. The fourth-order valence-corrected chi connectivity index (χ4v) is 4.31. The standard InChI is InChI=1S/C25H21N5O5/c1-35-19-7-4-15-12-30(22(32)20(15)9-19)13-25(23(33)28-24(34)29-25)18-5-2-14(3-6-18)16-8-17(21(26)31)11-27-10-16/h2-12,32H,13H2,1H3,(H2,26,31)(H2,28,29,33,34)/t25-/m0/s1. The van der Waals surface area contributed by atoms with Crippen molar-refractivity contribution in [2.75, 3.05) is 7.11 Å². The Morgan fingerprint density at radius 2 is 1.89 bits per heavy atom. The molecule has 4 aromatic rings. The van der Waals surface area contributed by atoms with E-state index in [4.69, 9.17) is 10.5 Å². The molecule has 0 aliphatic carbocycles. The lowest BCUT2D eigenvalue weighted by atomic mass is 9.88. The number of amides is 4. The van der Waals surface area contributed by atoms with Crippen molar-refractivity contribution in [3.8, 4) is 22.8 Å². The van der Waals surface area contributed by atoms with Crippen molar-refractivity contribution in [3.05, 3.63) is 78.2 Å². The Hall–Kier alpha value is -4.86. The number of nitrogens with zero attached hydrogens (tertiary/aromatic N) is 2. The summed E-state index contributed by atoms with van der Waals surface area (Å²) in [5.41, 5.74) is 6.09. The molecule has 4 amide bonds. The number of pyridine rings is 1. The fraction of sp³-hybridized carbons (Fsp3) is 0.120. The van der Waals surface area contributed by atoms with Crippen LogP contribution in [0, 0.1) is 0 Å². The average Bonchev–Trinajstić information content (AvgIpc) is 3.33. The Morgan fingerprint density at radius 1 is 1.11 bits per heavy atom. The van der Waals surface area contributed by atoms with Gasteiger partial charge in [-0.15, -0.1) is 0 Å². The Labute approximate surface area is 199 Å². The van der Waals surface area contributed by atoms with E-state index in [1.54, 1.807) is 60.9 Å². The molecule has 0 spiro atoms. The smallest absolute Gasteiger partial charge is 0.322 e. The SMILES string of the molecule is COc1ccc2cn(C[C@@]3(c4ccc(-c5cncc(C(N)=O)c5)cc4)NC(=O)NC3=O)c(O)c2c1. The third kappa shape index (κ3) is 3.70. The van der Waals surface area contributed by atoms with Gasteiger partial charge >= 0.3 is 6.03 Å². The highest BCUT2D eigenvalue weighted by Crippen LogP contribution is 2.35. The van der Waals surface area contributed by atoms with Crippen molar-refractivity contribution in [2.45, 2.75) is 12.1 Å². The number of rotatable bonds is 6. The number of carbonyl (C=O) groups excluding carboxylic acids is 3. The van der Waals surface area contributed by atoms with Crippen molar-refractivity contribution in [1.29, 1.82) is 0 Å². The Bertz CT molecular complexity index is 1490. The molecule has 1 aliphatic heterocycles. The maximum absolute atomic E-state index is 13.0. The molecule has 3 heterocycles. The highest BCUT2D eigenvalue weighted by molar-refractivity contribution is 6.07. The monoisotopic (exact) mass is 471 g/mol. The van der Waals surface area contributed by atoms with Crippen LogP contribution in [0.4, 0.5) is 4.79 Å². The van der Waals surface area contributed by atoms with Crippen molar-refractivity contribution in [3.63, 3.8) is 0 Å². The summed E-state index contributed by atoms with van der Waals surface area (Å²) in [5, 5.41) is 17.2. The topological polar surface area (TPSA) is 149 Å². The summed E-state index contributed by atoms with van der Waals surface area (Å²) in [6, 6.07) is 13.2. The van der Waals surface area contributed by atoms with Crippen molar-refractivity contribution in [1.82, 2.24) is 20.2 Å². The van der Waals surface area contributed by atoms with Crippen molar-refractivity contribution < 1.29 is 24.2 Å². The molecule has 10 nitrogen and oxygen atoms in total. The normalized spacial score (nSPS) is 17.3. The zero-order valence-electron chi connectivity index (χ0n) is 18.6. The largest absolute Gasteiger partial charge is 0.497 e. The summed E-state index contributed by atoms with van der Waals surface area (Å²) in [7, 11) is 1.53. The van der Waals surface area contributed by atoms with Crippen LogP contribution >= 0.6 is 0 Å². The summed E-state index contributed by atoms with van der Waals surface area (Å²) in [6.07, 6.45) is 4.69. The molecular formula is C25H21N5O5. The number of methoxy groups -OCH3 is 1. The number of nitrogens with two attached hydrogens (primary N) is 1. The molecule has 1 saturated heterocycles. The van der Waals surface area contributed by atoms with Crippen LogP contribution in [-0.4, -0.2) is 39.6 Å². The lowest BCUT2D eigenvalue weighted by Gasteiger charge is -2.27. The number of carbonyl (C=O) groups is 3. The lowest BCUT2D eigenvalue weighted by molar-refractivity contribution is -0.124. The number of aromatic nitrogens is 2. The third-order valence-electron chi connectivity index (χ3n) is 6.15. The Balaban J connectivity index is 1.54. The van der Waals surface area contributed by atoms with E-state index in [2.05, 4.69) is 15.6 Å². The van der Waals surface area contributed by atoms with Crippen molar-refractivity contribution in [2.24, 2.45) is 5.73 Å². The molecule has 35 heavy (non-hydrogen) atoms. The molecule has 5 rings (SSSR count). The van der Waals surface area contributed by atoms with Crippen LogP contribution in [0.5, 0.6) is 11.6 Å². The number of nitrogens with one attached hydrogen (secondary N) is 2. The second kappa shape index (κ2) is 8.17. The zero-order chi connectivity index (χ0) is 24.7. The summed E-state index contributed by atoms with van der Waals surface area (Å²) in [5.74, 6) is -0.602. The molecule has 1 fully saturated rings. The highest BCUT2D eigenvalue weighted by atomic mass is 16.5. The average molecular weight is 471 g/mol. The van der Waals surface area contributed by atoms with E-state index >= 15 is 0 Å². The first-order valence-corrected chi connectivity index (χ1v) is 10.7. The van der Waals surface area contributed by atoms with Gasteiger partial charge in [-0.05, 0) is 35.4 Å². The number of imide groups is 1. The van der Waals surface area contributed by atoms with E-state index in [1.165, 1.54) is 17.9 Å². The molecule has 0 radical (unpaired) electrons. The summed E-state index contributed by atoms with van der Waals surface area (Å²) in [6.45, 7) is -0.0501. The molecule has 0 unspecified atom stereocenters. The first-order valence-electron chi connectivity index (χ1n) is 10.7. The van der Waals surface area contributed by atoms with Gasteiger partial charge in [-0.25, -0.2) is 4.79 Å². The molecule has 0 bridgehead atoms. The number of primary amides is 1. The number of hydrogen-bond donors (Lipinski definition) is 4. The Morgan fingerprint density at radius 3 is 2.54 bits per heavy atom. The van der Waals surface area contributed by atoms with Gasteiger partial charge in [0, 0.05) is 34.9 Å². The van der Waals surface area contributed by atoms with E-state index < -0.39 is 23.4 Å². The van der Waals surface area contributed by atoms with E-state index in [0.717, 1.165) is 10.9 Å². The van der Waals surface area contributed by atoms with Crippen LogP contribution in [0.25, 0.3) is 21.9 Å². The Kier molecular flexibility index (Phi) is 5.13. The van der Waals surface area contributed by atoms with Crippen molar-refractivity contribution >= 4 is 28.6 Å². The van der Waals surface area contributed by atoms with Gasteiger partial charge in [-0.3, -0.25) is 19.9 Å². The number of aromatic hydroxyl groups is 1. The van der Waals surface area contributed by atoms with E-state index in [9.17, 15) is 19.5 Å². The molecule has 10 heteroatoms. The molecule has 2 aromatic heterocycles. The zero-order valence-corrected chi connectivity index (χ0v) is 18.6. The molecule has 0 saturated carbocycles. The van der Waals surface area contributed by atoms with Crippen LogP contribution < -0.4 is 21.1 Å². The maximum atomic E-state index is 13.0. The highest BCUT2D eigenvalue weighted by Gasteiger charge is 2.48. The number of ether oxygens (including phenoxy) is 1. The van der Waals surface area contributed by atoms with E-state index in [1.807, 2.05) is 0 Å². The van der Waals surface area contributed by atoms with Gasteiger partial charge in [-0.1, -0.05) is 24.3 Å². The molecular weight excluding hydrogens is 450 g/mol. The molecule has 5 N–H and O–H groups in total. The van der Waals surface area contributed by atoms with Crippen LogP contribution in [0.2, 0.25) is 0 Å². The van der Waals surface area contributed by atoms with E-state index in [0.29, 0.717) is 22.3 Å². The molecule has 2 aromatic carbocycles. The predicted molar refractivity (Wildman–Crippen MR) is 127 cm³/mol. The van der Waals surface area contributed by atoms with Crippen LogP contribution in [-0.2, 0) is 16.9 Å². The molecule has 1 atom stereocenters. The number of benzene rings is 2.